The van der Waals surface area contributed by atoms with Crippen molar-refractivity contribution in [1.82, 2.24) is 15.2 Å². The lowest BCUT2D eigenvalue weighted by Crippen LogP contribution is -2.12. The Kier molecular flexibility index (Phi) is 5.00. The third-order valence-electron chi connectivity index (χ3n) is 3.15. The maximum atomic E-state index is 12.6. The van der Waals surface area contributed by atoms with Crippen LogP contribution < -0.4 is 5.32 Å². The zero-order chi connectivity index (χ0) is 18.7. The Morgan fingerprint density at radius 3 is 2.65 bits per heavy atom. The van der Waals surface area contributed by atoms with Gasteiger partial charge in [-0.1, -0.05) is 11.3 Å². The number of oxazole rings is 1. The molecule has 2 heterocycles. The number of methoxy groups -OCH3 is 1. The molecule has 0 unspecified atom stereocenters. The summed E-state index contributed by atoms with van der Waals surface area (Å²) in [7, 11) is 1.51. The molecule has 0 saturated carbocycles. The van der Waals surface area contributed by atoms with Gasteiger partial charge in [0.05, 0.1) is 5.56 Å². The molecular formula is C15H11F3N4O3S. The van der Waals surface area contributed by atoms with Crippen LogP contribution in [-0.4, -0.2) is 28.2 Å². The van der Waals surface area contributed by atoms with Gasteiger partial charge in [-0.05, 0) is 24.3 Å². The smallest absolute Gasteiger partial charge is 0.416 e. The van der Waals surface area contributed by atoms with Crippen LogP contribution in [0.15, 0.2) is 34.9 Å². The van der Waals surface area contributed by atoms with Crippen LogP contribution in [0.4, 0.5) is 18.3 Å². The minimum absolute atomic E-state index is 0.0289. The molecule has 3 rings (SSSR count). The SMILES string of the molecule is COCc1nnc(NC(=O)c2coc(-c3ccc(C(F)(F)F)cc3)n2)s1. The fraction of sp³-hybridized carbons (Fsp3) is 0.200. The molecule has 2 aromatic heterocycles. The van der Waals surface area contributed by atoms with Gasteiger partial charge in [0.15, 0.2) is 5.69 Å². The summed E-state index contributed by atoms with van der Waals surface area (Å²) in [4.78, 5) is 16.1. The second kappa shape index (κ2) is 7.22. The molecule has 136 valence electrons. The molecule has 0 aliphatic carbocycles. The fourth-order valence-corrected chi connectivity index (χ4v) is 2.67. The Balaban J connectivity index is 1.71. The van der Waals surface area contributed by atoms with E-state index in [1.54, 1.807) is 0 Å². The molecule has 26 heavy (non-hydrogen) atoms. The summed E-state index contributed by atoms with van der Waals surface area (Å²) in [5.74, 6) is -0.548. The second-order valence-corrected chi connectivity index (χ2v) is 6.06. The largest absolute Gasteiger partial charge is 0.444 e. The predicted molar refractivity (Wildman–Crippen MR) is 85.5 cm³/mol. The minimum Gasteiger partial charge on any atom is -0.444 e. The molecule has 3 aromatic rings. The molecule has 0 saturated heterocycles. The van der Waals surface area contributed by atoms with Crippen LogP contribution in [0.25, 0.3) is 11.5 Å². The molecule has 1 amide bonds. The number of nitrogens with zero attached hydrogens (tertiary/aromatic N) is 3. The molecule has 1 aromatic carbocycles. The minimum atomic E-state index is -4.43. The van der Waals surface area contributed by atoms with Crippen molar-refractivity contribution in [2.75, 3.05) is 12.4 Å². The van der Waals surface area contributed by atoms with Crippen molar-refractivity contribution in [3.63, 3.8) is 0 Å². The summed E-state index contributed by atoms with van der Waals surface area (Å²) in [5.41, 5.74) is -0.507. The van der Waals surface area contributed by atoms with E-state index >= 15 is 0 Å². The lowest BCUT2D eigenvalue weighted by molar-refractivity contribution is -0.137. The third kappa shape index (κ3) is 4.06. The monoisotopic (exact) mass is 384 g/mol. The number of ether oxygens (including phenoxy) is 1. The maximum Gasteiger partial charge on any atom is 0.416 e. The zero-order valence-corrected chi connectivity index (χ0v) is 14.0. The van der Waals surface area contributed by atoms with E-state index in [1.807, 2.05) is 0 Å². The number of hydrogen-bond donors (Lipinski definition) is 1. The first-order chi connectivity index (χ1) is 12.4. The molecule has 1 N–H and O–H groups in total. The van der Waals surface area contributed by atoms with E-state index in [4.69, 9.17) is 9.15 Å². The van der Waals surface area contributed by atoms with E-state index < -0.39 is 17.6 Å². The van der Waals surface area contributed by atoms with Crippen molar-refractivity contribution in [2.24, 2.45) is 0 Å². The van der Waals surface area contributed by atoms with Crippen LogP contribution in [0.1, 0.15) is 21.1 Å². The number of benzene rings is 1. The fourth-order valence-electron chi connectivity index (χ4n) is 1.96. The summed E-state index contributed by atoms with van der Waals surface area (Å²) < 4.78 is 47.8. The summed E-state index contributed by atoms with van der Waals surface area (Å²) in [6.07, 6.45) is -3.32. The Bertz CT molecular complexity index is 906. The van der Waals surface area contributed by atoms with Gasteiger partial charge in [0.25, 0.3) is 5.91 Å². The molecule has 11 heteroatoms. The van der Waals surface area contributed by atoms with Gasteiger partial charge in [-0.25, -0.2) is 4.98 Å². The van der Waals surface area contributed by atoms with Crippen molar-refractivity contribution >= 4 is 22.4 Å². The van der Waals surface area contributed by atoms with Crippen LogP contribution in [0, 0.1) is 0 Å². The quantitative estimate of drug-likeness (QED) is 0.723. The number of halogens is 3. The molecule has 0 spiro atoms. The van der Waals surface area contributed by atoms with Crippen molar-refractivity contribution in [1.29, 1.82) is 0 Å². The molecule has 7 nitrogen and oxygen atoms in total. The van der Waals surface area contributed by atoms with Crippen LogP contribution in [0.5, 0.6) is 0 Å². The number of carbonyl (C=O) groups is 1. The van der Waals surface area contributed by atoms with E-state index in [0.29, 0.717) is 10.6 Å². The highest BCUT2D eigenvalue weighted by atomic mass is 32.1. The number of carbonyl (C=O) groups excluding carboxylic acids is 1. The standard InChI is InChI=1S/C15H11F3N4O3S/c1-24-7-11-21-22-14(26-11)20-12(23)10-6-25-13(19-10)8-2-4-9(5-3-8)15(16,17)18/h2-6H,7H2,1H3,(H,20,22,23). The van der Waals surface area contributed by atoms with E-state index in [2.05, 4.69) is 20.5 Å². The number of nitrogens with one attached hydrogen (secondary N) is 1. The molecule has 0 aliphatic rings. The number of alkyl halides is 3. The van der Waals surface area contributed by atoms with Gasteiger partial charge in [0, 0.05) is 12.7 Å². The number of rotatable bonds is 5. The van der Waals surface area contributed by atoms with Crippen molar-refractivity contribution in [3.8, 4) is 11.5 Å². The number of hydrogen-bond acceptors (Lipinski definition) is 7. The van der Waals surface area contributed by atoms with Crippen molar-refractivity contribution < 1.29 is 27.1 Å². The summed E-state index contributed by atoms with van der Waals surface area (Å²) in [6, 6.07) is 4.27. The number of aromatic nitrogens is 3. The first-order valence-electron chi connectivity index (χ1n) is 7.12. The van der Waals surface area contributed by atoms with Crippen LogP contribution in [0.3, 0.4) is 0 Å². The van der Waals surface area contributed by atoms with Crippen molar-refractivity contribution in [2.45, 2.75) is 12.8 Å². The topological polar surface area (TPSA) is 90.1 Å². The van der Waals surface area contributed by atoms with E-state index in [0.717, 1.165) is 29.7 Å². The highest BCUT2D eigenvalue weighted by molar-refractivity contribution is 7.15. The lowest BCUT2D eigenvalue weighted by atomic mass is 10.1. The number of anilines is 1. The molecule has 0 fully saturated rings. The Morgan fingerprint density at radius 1 is 1.27 bits per heavy atom. The Morgan fingerprint density at radius 2 is 2.00 bits per heavy atom. The summed E-state index contributed by atoms with van der Waals surface area (Å²) in [6.45, 7) is 0.273. The van der Waals surface area contributed by atoms with Crippen molar-refractivity contribution in [3.05, 3.63) is 46.8 Å². The highest BCUT2D eigenvalue weighted by Gasteiger charge is 2.30. The Hall–Kier alpha value is -2.79. The molecule has 0 aliphatic heterocycles. The highest BCUT2D eigenvalue weighted by Crippen LogP contribution is 2.30. The first-order valence-corrected chi connectivity index (χ1v) is 7.94. The van der Waals surface area contributed by atoms with Gasteiger partial charge in [-0.3, -0.25) is 10.1 Å². The van der Waals surface area contributed by atoms with E-state index in [-0.39, 0.29) is 23.3 Å². The van der Waals surface area contributed by atoms with Crippen LogP contribution in [-0.2, 0) is 17.5 Å². The Labute approximate surface area is 148 Å². The average molecular weight is 384 g/mol. The van der Waals surface area contributed by atoms with Gasteiger partial charge in [-0.2, -0.15) is 13.2 Å². The zero-order valence-electron chi connectivity index (χ0n) is 13.2. The maximum absolute atomic E-state index is 12.6. The summed E-state index contributed by atoms with van der Waals surface area (Å²) >= 11 is 1.14. The third-order valence-corrected chi connectivity index (χ3v) is 3.96. The van der Waals surface area contributed by atoms with Gasteiger partial charge in [0.2, 0.25) is 11.0 Å². The van der Waals surface area contributed by atoms with E-state index in [9.17, 15) is 18.0 Å². The number of amides is 1. The molecule has 0 bridgehead atoms. The first kappa shape index (κ1) is 18.0. The van der Waals surface area contributed by atoms with Crippen LogP contribution >= 0.6 is 11.3 Å². The normalized spacial score (nSPS) is 11.5. The second-order valence-electron chi connectivity index (χ2n) is 5.00. The summed E-state index contributed by atoms with van der Waals surface area (Å²) in [5, 5.41) is 11.0. The lowest BCUT2D eigenvalue weighted by Gasteiger charge is -2.05. The van der Waals surface area contributed by atoms with E-state index in [1.165, 1.54) is 19.2 Å². The molecule has 0 atom stereocenters. The average Bonchev–Trinajstić information content (AvgIpc) is 3.24. The van der Waals surface area contributed by atoms with Gasteiger partial charge in [-0.15, -0.1) is 10.2 Å². The van der Waals surface area contributed by atoms with Gasteiger partial charge in [0.1, 0.15) is 17.9 Å². The molecule has 0 radical (unpaired) electrons. The molecular weight excluding hydrogens is 373 g/mol. The van der Waals surface area contributed by atoms with Gasteiger partial charge >= 0.3 is 6.18 Å². The van der Waals surface area contributed by atoms with Gasteiger partial charge < -0.3 is 9.15 Å². The van der Waals surface area contributed by atoms with Crippen LogP contribution in [0.2, 0.25) is 0 Å². The predicted octanol–water partition coefficient (Wildman–Crippen LogP) is 3.61.